The first-order valence-corrected chi connectivity index (χ1v) is 7.98. The van der Waals surface area contributed by atoms with Crippen LogP contribution in [0.5, 0.6) is 0 Å². The molecule has 118 valence electrons. The number of anilines is 2. The third-order valence-electron chi connectivity index (χ3n) is 4.14. The Kier molecular flexibility index (Phi) is 4.42. The summed E-state index contributed by atoms with van der Waals surface area (Å²) in [5, 5.41) is 2.96. The molecule has 0 saturated carbocycles. The number of para-hydroxylation sites is 1. The van der Waals surface area contributed by atoms with Gasteiger partial charge in [0.05, 0.1) is 0 Å². The maximum absolute atomic E-state index is 12.5. The minimum absolute atomic E-state index is 0.124. The molecule has 0 aliphatic carbocycles. The molecule has 2 aromatic carbocycles. The van der Waals surface area contributed by atoms with E-state index in [1.807, 2.05) is 36.4 Å². The molecule has 3 rings (SSSR count). The van der Waals surface area contributed by atoms with Gasteiger partial charge >= 0.3 is 0 Å². The van der Waals surface area contributed by atoms with E-state index in [0.717, 1.165) is 36.3 Å². The lowest BCUT2D eigenvalue weighted by Crippen LogP contribution is -2.24. The van der Waals surface area contributed by atoms with Crippen molar-refractivity contribution in [2.75, 3.05) is 16.8 Å². The van der Waals surface area contributed by atoms with Gasteiger partial charge in [-0.05, 0) is 42.7 Å². The summed E-state index contributed by atoms with van der Waals surface area (Å²) in [6, 6.07) is 15.0. The summed E-state index contributed by atoms with van der Waals surface area (Å²) in [6.45, 7) is 2.78. The van der Waals surface area contributed by atoms with E-state index in [4.69, 9.17) is 0 Å². The van der Waals surface area contributed by atoms with Crippen molar-refractivity contribution < 1.29 is 9.59 Å². The Balaban J connectivity index is 1.81. The lowest BCUT2D eigenvalue weighted by atomic mass is 10.1. The van der Waals surface area contributed by atoms with Crippen molar-refractivity contribution in [2.24, 2.45) is 0 Å². The monoisotopic (exact) mass is 308 g/mol. The number of amides is 2. The van der Waals surface area contributed by atoms with Crippen molar-refractivity contribution in [3.05, 3.63) is 59.7 Å². The Morgan fingerprint density at radius 3 is 2.74 bits per heavy atom. The summed E-state index contributed by atoms with van der Waals surface area (Å²) >= 11 is 0. The molecule has 1 saturated heterocycles. The Morgan fingerprint density at radius 2 is 2.00 bits per heavy atom. The number of carbonyl (C=O) groups is 2. The largest absolute Gasteiger partial charge is 0.322 e. The molecule has 0 spiro atoms. The van der Waals surface area contributed by atoms with E-state index in [1.54, 1.807) is 17.0 Å². The lowest BCUT2D eigenvalue weighted by Gasteiger charge is -2.16. The molecule has 0 unspecified atom stereocenters. The smallest absolute Gasteiger partial charge is 0.255 e. The van der Waals surface area contributed by atoms with Crippen molar-refractivity contribution in [3.63, 3.8) is 0 Å². The lowest BCUT2D eigenvalue weighted by molar-refractivity contribution is -0.117. The summed E-state index contributed by atoms with van der Waals surface area (Å²) < 4.78 is 0. The van der Waals surface area contributed by atoms with Crippen LogP contribution in [0.3, 0.4) is 0 Å². The summed E-state index contributed by atoms with van der Waals surface area (Å²) in [5.74, 6) is -0.0294. The second kappa shape index (κ2) is 6.65. The molecule has 1 N–H and O–H groups in total. The van der Waals surface area contributed by atoms with E-state index in [1.165, 1.54) is 0 Å². The minimum atomic E-state index is -0.153. The molecule has 1 fully saturated rings. The Labute approximate surface area is 136 Å². The fraction of sp³-hybridized carbons (Fsp3) is 0.263. The van der Waals surface area contributed by atoms with Crippen molar-refractivity contribution in [1.82, 2.24) is 0 Å². The predicted molar refractivity (Wildman–Crippen MR) is 91.8 cm³/mol. The first-order chi connectivity index (χ1) is 11.2. The average molecular weight is 308 g/mol. The maximum atomic E-state index is 12.5. The first kappa shape index (κ1) is 15.3. The van der Waals surface area contributed by atoms with Crippen LogP contribution in [0.1, 0.15) is 35.7 Å². The molecule has 0 radical (unpaired) electrons. The van der Waals surface area contributed by atoms with Gasteiger partial charge in [-0.25, -0.2) is 0 Å². The highest BCUT2D eigenvalue weighted by Crippen LogP contribution is 2.23. The molecule has 4 heteroatoms. The second-order valence-electron chi connectivity index (χ2n) is 5.66. The van der Waals surface area contributed by atoms with Crippen molar-refractivity contribution in [3.8, 4) is 0 Å². The Morgan fingerprint density at radius 1 is 1.17 bits per heavy atom. The van der Waals surface area contributed by atoms with Gasteiger partial charge in [0.1, 0.15) is 0 Å². The highest BCUT2D eigenvalue weighted by atomic mass is 16.2. The zero-order chi connectivity index (χ0) is 16.2. The predicted octanol–water partition coefficient (Wildman–Crippen LogP) is 3.63. The molecule has 2 aromatic rings. The standard InChI is InChI=1S/C19H20N2O2/c1-2-14-7-3-4-10-17(14)20-19(23)15-8-5-9-16(13-15)21-12-6-11-18(21)22/h3-5,7-10,13H,2,6,11-12H2,1H3,(H,20,23). The van der Waals surface area contributed by atoms with Crippen LogP contribution in [0.4, 0.5) is 11.4 Å². The highest BCUT2D eigenvalue weighted by molar-refractivity contribution is 6.06. The van der Waals surface area contributed by atoms with Crippen LogP contribution < -0.4 is 10.2 Å². The molecule has 23 heavy (non-hydrogen) atoms. The summed E-state index contributed by atoms with van der Waals surface area (Å²) in [4.78, 5) is 26.1. The number of nitrogens with one attached hydrogen (secondary N) is 1. The van der Waals surface area contributed by atoms with Gasteiger partial charge in [-0.3, -0.25) is 9.59 Å². The van der Waals surface area contributed by atoms with Crippen LogP contribution >= 0.6 is 0 Å². The molecule has 4 nitrogen and oxygen atoms in total. The van der Waals surface area contributed by atoms with Crippen molar-refractivity contribution >= 4 is 23.2 Å². The van der Waals surface area contributed by atoms with Crippen LogP contribution in [0.25, 0.3) is 0 Å². The SMILES string of the molecule is CCc1ccccc1NC(=O)c1cccc(N2CCCC2=O)c1. The number of carbonyl (C=O) groups excluding carboxylic acids is 2. The van der Waals surface area contributed by atoms with Gasteiger partial charge in [0.2, 0.25) is 5.91 Å². The van der Waals surface area contributed by atoms with E-state index in [2.05, 4.69) is 12.2 Å². The van der Waals surface area contributed by atoms with E-state index in [9.17, 15) is 9.59 Å². The molecule has 0 bridgehead atoms. The summed E-state index contributed by atoms with van der Waals surface area (Å²) in [6.07, 6.45) is 2.32. The number of hydrogen-bond donors (Lipinski definition) is 1. The Hall–Kier alpha value is -2.62. The van der Waals surface area contributed by atoms with Gasteiger partial charge in [-0.1, -0.05) is 31.2 Å². The minimum Gasteiger partial charge on any atom is -0.322 e. The maximum Gasteiger partial charge on any atom is 0.255 e. The van der Waals surface area contributed by atoms with Crippen LogP contribution in [-0.4, -0.2) is 18.4 Å². The fourth-order valence-corrected chi connectivity index (χ4v) is 2.88. The van der Waals surface area contributed by atoms with Gasteiger partial charge in [0.15, 0.2) is 0 Å². The summed E-state index contributed by atoms with van der Waals surface area (Å²) in [7, 11) is 0. The molecule has 0 aromatic heterocycles. The van der Waals surface area contributed by atoms with Crippen molar-refractivity contribution in [1.29, 1.82) is 0 Å². The quantitative estimate of drug-likeness (QED) is 0.937. The van der Waals surface area contributed by atoms with Gasteiger partial charge in [0, 0.05) is 29.9 Å². The van der Waals surface area contributed by atoms with Crippen molar-refractivity contribution in [2.45, 2.75) is 26.2 Å². The van der Waals surface area contributed by atoms with Crippen LogP contribution in [0.2, 0.25) is 0 Å². The Bertz CT molecular complexity index is 740. The van der Waals surface area contributed by atoms with Crippen LogP contribution in [0.15, 0.2) is 48.5 Å². The molecule has 1 aliphatic rings. The van der Waals surface area contributed by atoms with E-state index >= 15 is 0 Å². The fourth-order valence-electron chi connectivity index (χ4n) is 2.88. The summed E-state index contributed by atoms with van der Waals surface area (Å²) in [5.41, 5.74) is 3.30. The van der Waals surface area contributed by atoms with Gasteiger partial charge in [-0.2, -0.15) is 0 Å². The van der Waals surface area contributed by atoms with Crippen LogP contribution in [-0.2, 0) is 11.2 Å². The first-order valence-electron chi connectivity index (χ1n) is 7.98. The molecule has 1 heterocycles. The average Bonchev–Trinajstić information content (AvgIpc) is 3.01. The van der Waals surface area contributed by atoms with E-state index in [-0.39, 0.29) is 11.8 Å². The molecular formula is C19H20N2O2. The normalized spacial score (nSPS) is 14.1. The zero-order valence-corrected chi connectivity index (χ0v) is 13.2. The zero-order valence-electron chi connectivity index (χ0n) is 13.2. The molecular weight excluding hydrogens is 288 g/mol. The second-order valence-corrected chi connectivity index (χ2v) is 5.66. The number of nitrogens with zero attached hydrogens (tertiary/aromatic N) is 1. The van der Waals surface area contributed by atoms with Gasteiger partial charge in [-0.15, -0.1) is 0 Å². The highest BCUT2D eigenvalue weighted by Gasteiger charge is 2.22. The van der Waals surface area contributed by atoms with E-state index in [0.29, 0.717) is 12.0 Å². The number of aryl methyl sites for hydroxylation is 1. The van der Waals surface area contributed by atoms with Gasteiger partial charge < -0.3 is 10.2 Å². The molecule has 0 atom stereocenters. The number of benzene rings is 2. The van der Waals surface area contributed by atoms with Gasteiger partial charge in [0.25, 0.3) is 5.91 Å². The third-order valence-corrected chi connectivity index (χ3v) is 4.14. The molecule has 1 aliphatic heterocycles. The number of rotatable bonds is 4. The number of hydrogen-bond acceptors (Lipinski definition) is 2. The third kappa shape index (κ3) is 3.26. The van der Waals surface area contributed by atoms with Crippen LogP contribution in [0, 0.1) is 0 Å². The van der Waals surface area contributed by atoms with E-state index < -0.39 is 0 Å². The topological polar surface area (TPSA) is 49.4 Å². The molecule has 2 amide bonds.